The first-order valence-electron chi connectivity index (χ1n) is 5.96. The molecule has 6 nitrogen and oxygen atoms in total. The average Bonchev–Trinajstić information content (AvgIpc) is 2.25. The Morgan fingerprint density at radius 1 is 1.35 bits per heavy atom. The van der Waals surface area contributed by atoms with Crippen molar-refractivity contribution in [1.29, 1.82) is 0 Å². The summed E-state index contributed by atoms with van der Waals surface area (Å²) in [6.07, 6.45) is 2.41. The van der Waals surface area contributed by atoms with Crippen molar-refractivity contribution in [2.24, 2.45) is 23.3 Å². The molecule has 0 radical (unpaired) electrons. The van der Waals surface area contributed by atoms with Gasteiger partial charge >= 0.3 is 13.1 Å². The monoisotopic (exact) mass is 244 g/mol. The van der Waals surface area contributed by atoms with Crippen molar-refractivity contribution < 1.29 is 19.9 Å². The molecule has 0 aromatic carbocycles. The first kappa shape index (κ1) is 14.4. The molecule has 7 heteroatoms. The van der Waals surface area contributed by atoms with Crippen molar-refractivity contribution in [3.8, 4) is 0 Å². The molecule has 3 atom stereocenters. The van der Waals surface area contributed by atoms with Crippen LogP contribution in [0.5, 0.6) is 0 Å². The fraction of sp³-hybridized carbons (Fsp3) is 0.900. The fourth-order valence-electron chi connectivity index (χ4n) is 2.71. The molecule has 1 aliphatic rings. The van der Waals surface area contributed by atoms with E-state index in [0.29, 0.717) is 25.8 Å². The van der Waals surface area contributed by atoms with E-state index in [9.17, 15) is 4.79 Å². The Hall–Kier alpha value is -0.625. The number of hydrogen-bond acceptors (Lipinski definition) is 5. The van der Waals surface area contributed by atoms with Crippen LogP contribution in [0.25, 0.3) is 0 Å². The van der Waals surface area contributed by atoms with Gasteiger partial charge in [-0.3, -0.25) is 4.79 Å². The molecule has 1 aliphatic carbocycles. The zero-order valence-electron chi connectivity index (χ0n) is 9.88. The van der Waals surface area contributed by atoms with Gasteiger partial charge in [0.25, 0.3) is 0 Å². The van der Waals surface area contributed by atoms with E-state index in [-0.39, 0.29) is 18.2 Å². The van der Waals surface area contributed by atoms with Crippen LogP contribution in [0.4, 0.5) is 0 Å². The first-order valence-corrected chi connectivity index (χ1v) is 5.96. The molecule has 0 aromatic rings. The molecule has 1 saturated carbocycles. The summed E-state index contributed by atoms with van der Waals surface area (Å²) in [5.41, 5.74) is 10.3. The predicted molar refractivity (Wildman–Crippen MR) is 64.1 cm³/mol. The molecule has 1 rings (SSSR count). The van der Waals surface area contributed by atoms with Crippen molar-refractivity contribution in [3.63, 3.8) is 0 Å². The highest BCUT2D eigenvalue weighted by molar-refractivity contribution is 6.40. The van der Waals surface area contributed by atoms with Crippen LogP contribution in [0.1, 0.15) is 25.7 Å². The quantitative estimate of drug-likeness (QED) is 0.394. The van der Waals surface area contributed by atoms with Gasteiger partial charge in [0, 0.05) is 0 Å². The van der Waals surface area contributed by atoms with Crippen molar-refractivity contribution >= 4 is 13.1 Å². The third-order valence-electron chi connectivity index (χ3n) is 3.56. The second kappa shape index (κ2) is 5.81. The minimum Gasteiger partial charge on any atom is -0.480 e. The SMILES string of the molecule is NCC1CC(CCB(O)O)CC(N)(C(=O)O)C1. The molecule has 0 aromatic heterocycles. The molecule has 17 heavy (non-hydrogen) atoms. The van der Waals surface area contributed by atoms with Gasteiger partial charge in [0.05, 0.1) is 0 Å². The van der Waals surface area contributed by atoms with E-state index in [1.165, 1.54) is 0 Å². The number of nitrogens with two attached hydrogens (primary N) is 2. The van der Waals surface area contributed by atoms with Crippen LogP contribution < -0.4 is 11.5 Å². The number of hydrogen-bond donors (Lipinski definition) is 5. The van der Waals surface area contributed by atoms with E-state index in [4.69, 9.17) is 26.6 Å². The van der Waals surface area contributed by atoms with E-state index in [0.717, 1.165) is 6.42 Å². The molecule has 0 spiro atoms. The summed E-state index contributed by atoms with van der Waals surface area (Å²) in [7, 11) is -1.34. The predicted octanol–water partition coefficient (Wildman–Crippen LogP) is -0.994. The third-order valence-corrected chi connectivity index (χ3v) is 3.56. The normalized spacial score (nSPS) is 33.4. The molecule has 7 N–H and O–H groups in total. The highest BCUT2D eigenvalue weighted by Gasteiger charge is 2.42. The van der Waals surface area contributed by atoms with Gasteiger partial charge in [-0.1, -0.05) is 6.42 Å². The van der Waals surface area contributed by atoms with Crippen LogP contribution in [0, 0.1) is 11.8 Å². The highest BCUT2D eigenvalue weighted by Crippen LogP contribution is 2.37. The molecule has 98 valence electrons. The molecule has 0 saturated heterocycles. The van der Waals surface area contributed by atoms with Gasteiger partial charge in [-0.15, -0.1) is 0 Å². The molecule has 3 unspecified atom stereocenters. The number of aliphatic carboxylic acids is 1. The van der Waals surface area contributed by atoms with Gasteiger partial charge in [0.15, 0.2) is 0 Å². The number of carboxylic acid groups (broad SMARTS) is 1. The number of carboxylic acids is 1. The summed E-state index contributed by atoms with van der Waals surface area (Å²) in [5, 5.41) is 26.8. The second-order valence-corrected chi connectivity index (χ2v) is 5.13. The summed E-state index contributed by atoms with van der Waals surface area (Å²) < 4.78 is 0. The minimum atomic E-state index is -1.34. The van der Waals surface area contributed by atoms with Crippen LogP contribution in [0.15, 0.2) is 0 Å². The van der Waals surface area contributed by atoms with E-state index >= 15 is 0 Å². The largest absolute Gasteiger partial charge is 0.480 e. The molecule has 0 aliphatic heterocycles. The highest BCUT2D eigenvalue weighted by atomic mass is 16.4. The Morgan fingerprint density at radius 2 is 1.94 bits per heavy atom. The fourth-order valence-corrected chi connectivity index (χ4v) is 2.71. The molecule has 1 fully saturated rings. The number of carbonyl (C=O) groups is 1. The average molecular weight is 244 g/mol. The summed E-state index contributed by atoms with van der Waals surface area (Å²) >= 11 is 0. The Morgan fingerprint density at radius 3 is 2.41 bits per heavy atom. The van der Waals surface area contributed by atoms with Crippen LogP contribution in [0.2, 0.25) is 6.32 Å². The topological polar surface area (TPSA) is 130 Å². The summed E-state index contributed by atoms with van der Waals surface area (Å²) in [5.74, 6) is -0.795. The Labute approximate surface area is 101 Å². The van der Waals surface area contributed by atoms with Crippen LogP contribution in [-0.4, -0.2) is 40.3 Å². The van der Waals surface area contributed by atoms with Crippen LogP contribution in [0.3, 0.4) is 0 Å². The summed E-state index contributed by atoms with van der Waals surface area (Å²) in [6, 6.07) is 0. The third kappa shape index (κ3) is 3.95. The smallest absolute Gasteiger partial charge is 0.451 e. The van der Waals surface area contributed by atoms with Crippen LogP contribution in [-0.2, 0) is 4.79 Å². The van der Waals surface area contributed by atoms with Gasteiger partial charge < -0.3 is 26.6 Å². The lowest BCUT2D eigenvalue weighted by molar-refractivity contribution is -0.146. The van der Waals surface area contributed by atoms with Gasteiger partial charge in [-0.05, 0) is 44.0 Å². The lowest BCUT2D eigenvalue weighted by atomic mass is 9.67. The van der Waals surface area contributed by atoms with Gasteiger partial charge in [-0.2, -0.15) is 0 Å². The Balaban J connectivity index is 2.63. The second-order valence-electron chi connectivity index (χ2n) is 5.13. The van der Waals surface area contributed by atoms with E-state index in [2.05, 4.69) is 0 Å². The van der Waals surface area contributed by atoms with Crippen molar-refractivity contribution in [2.75, 3.05) is 6.54 Å². The summed E-state index contributed by atoms with van der Waals surface area (Å²) in [4.78, 5) is 11.2. The van der Waals surface area contributed by atoms with Crippen molar-refractivity contribution in [3.05, 3.63) is 0 Å². The van der Waals surface area contributed by atoms with E-state index in [1.54, 1.807) is 0 Å². The number of rotatable bonds is 5. The Kier molecular flexibility index (Phi) is 4.94. The lowest BCUT2D eigenvalue weighted by Crippen LogP contribution is -2.54. The molecular weight excluding hydrogens is 223 g/mol. The van der Waals surface area contributed by atoms with Gasteiger partial charge in [-0.25, -0.2) is 0 Å². The molecule has 0 amide bonds. The summed E-state index contributed by atoms with van der Waals surface area (Å²) in [6.45, 7) is 0.421. The van der Waals surface area contributed by atoms with Gasteiger partial charge in [0.1, 0.15) is 5.54 Å². The molecule has 0 bridgehead atoms. The van der Waals surface area contributed by atoms with E-state index < -0.39 is 18.6 Å². The minimum absolute atomic E-state index is 0.0974. The zero-order chi connectivity index (χ0) is 13.1. The zero-order valence-corrected chi connectivity index (χ0v) is 9.88. The van der Waals surface area contributed by atoms with E-state index in [1.807, 2.05) is 0 Å². The maximum absolute atomic E-state index is 11.2. The molecule has 0 heterocycles. The Bertz CT molecular complexity index is 277. The lowest BCUT2D eigenvalue weighted by Gasteiger charge is -2.39. The standard InChI is InChI=1S/C10H21BN2O4/c12-6-8-3-7(1-2-11(16)17)4-10(13,5-8)9(14)15/h7-8,16-17H,1-6,12-13H2,(H,14,15). The first-order chi connectivity index (χ1) is 7.87. The molecular formula is C10H21BN2O4. The maximum atomic E-state index is 11.2. The van der Waals surface area contributed by atoms with Crippen molar-refractivity contribution in [2.45, 2.75) is 37.5 Å². The van der Waals surface area contributed by atoms with Crippen molar-refractivity contribution in [1.82, 2.24) is 0 Å². The van der Waals surface area contributed by atoms with Gasteiger partial charge in [0.2, 0.25) is 0 Å². The van der Waals surface area contributed by atoms with Crippen LogP contribution >= 0.6 is 0 Å². The maximum Gasteiger partial charge on any atom is 0.451 e.